The summed E-state index contributed by atoms with van der Waals surface area (Å²) in [5.74, 6) is 0.167. The van der Waals surface area contributed by atoms with Gasteiger partial charge < -0.3 is 15.7 Å². The molecule has 0 heterocycles. The number of hydrogen-bond acceptors (Lipinski definition) is 5. The fraction of sp³-hybridized carbons (Fsp3) is 0.680. The highest BCUT2D eigenvalue weighted by Gasteiger charge is 2.30. The molecule has 184 valence electrons. The first-order chi connectivity index (χ1) is 15.9. The van der Waals surface area contributed by atoms with Gasteiger partial charge in [0.25, 0.3) is 0 Å². The van der Waals surface area contributed by atoms with Crippen LogP contribution >= 0.6 is 8.69 Å². The minimum absolute atomic E-state index is 0.124. The summed E-state index contributed by atoms with van der Waals surface area (Å²) in [6.07, 6.45) is 6.78. The molecule has 33 heavy (non-hydrogen) atoms. The molecule has 0 bridgehead atoms. The van der Waals surface area contributed by atoms with Gasteiger partial charge in [-0.25, -0.2) is 4.57 Å². The van der Waals surface area contributed by atoms with Crippen LogP contribution in [0.2, 0.25) is 0 Å². The van der Waals surface area contributed by atoms with E-state index in [1.807, 2.05) is 44.2 Å². The third-order valence-electron chi connectivity index (χ3n) is 6.24. The van der Waals surface area contributed by atoms with Crippen molar-refractivity contribution in [2.24, 2.45) is 11.8 Å². The number of amides is 2. The number of carbonyl (C=O) groups excluding carboxylic acids is 2. The van der Waals surface area contributed by atoms with Crippen molar-refractivity contribution in [2.75, 3.05) is 6.61 Å². The van der Waals surface area contributed by atoms with Gasteiger partial charge in [0, 0.05) is 6.42 Å². The molecule has 0 aliphatic heterocycles. The highest BCUT2D eigenvalue weighted by Crippen LogP contribution is 2.28. The lowest BCUT2D eigenvalue weighted by Gasteiger charge is -2.31. The van der Waals surface area contributed by atoms with Gasteiger partial charge >= 0.3 is 8.69 Å². The van der Waals surface area contributed by atoms with E-state index in [0.717, 1.165) is 31.2 Å². The van der Waals surface area contributed by atoms with Gasteiger partial charge in [0.1, 0.15) is 6.04 Å². The first kappa shape index (κ1) is 27.4. The fourth-order valence-electron chi connectivity index (χ4n) is 4.47. The largest absolute Gasteiger partial charge is 0.389 e. The molecule has 3 atom stereocenters. The maximum atomic E-state index is 13.2. The van der Waals surface area contributed by atoms with Crippen molar-refractivity contribution in [3.8, 4) is 0 Å². The maximum Gasteiger partial charge on any atom is 0.327 e. The van der Waals surface area contributed by atoms with Crippen LogP contribution < -0.4 is 10.6 Å². The molecular formula is C25H39N2O5P. The number of carbonyl (C=O) groups is 2. The minimum Gasteiger partial charge on any atom is -0.389 e. The van der Waals surface area contributed by atoms with Crippen LogP contribution in [0.15, 0.2) is 30.3 Å². The molecule has 1 aromatic rings. The van der Waals surface area contributed by atoms with Crippen molar-refractivity contribution in [1.82, 2.24) is 10.6 Å². The summed E-state index contributed by atoms with van der Waals surface area (Å²) in [6.45, 7) is 3.89. The molecule has 1 fully saturated rings. The van der Waals surface area contributed by atoms with Crippen LogP contribution in [-0.2, 0) is 25.1 Å². The Labute approximate surface area is 199 Å². The number of rotatable bonds is 14. The predicted molar refractivity (Wildman–Crippen MR) is 129 cm³/mol. The van der Waals surface area contributed by atoms with E-state index >= 15 is 0 Å². The second kappa shape index (κ2) is 15.2. The molecule has 7 nitrogen and oxygen atoms in total. The molecule has 0 spiro atoms. The molecule has 8 heteroatoms. The molecule has 2 amide bonds. The van der Waals surface area contributed by atoms with E-state index in [4.69, 9.17) is 4.52 Å². The summed E-state index contributed by atoms with van der Waals surface area (Å²) in [5, 5.41) is 16.5. The van der Waals surface area contributed by atoms with E-state index in [1.54, 1.807) is 0 Å². The van der Waals surface area contributed by atoms with Gasteiger partial charge in [-0.1, -0.05) is 76.3 Å². The van der Waals surface area contributed by atoms with Crippen LogP contribution in [0.5, 0.6) is 0 Å². The van der Waals surface area contributed by atoms with Gasteiger partial charge in [-0.15, -0.1) is 0 Å². The summed E-state index contributed by atoms with van der Waals surface area (Å²) in [4.78, 5) is 25.8. The number of hydrogen-bond donors (Lipinski definition) is 3. The van der Waals surface area contributed by atoms with Crippen molar-refractivity contribution < 1.29 is 23.8 Å². The van der Waals surface area contributed by atoms with Crippen LogP contribution in [0.3, 0.4) is 0 Å². The standard InChI is InChI=1S/C25H39N2O5P/c1-18(2)15-22(26-24(29)14-13-19-9-5-3-6-10-19)25(30)27-21(23(28)17-32-33-31)16-20-11-7-4-8-12-20/h3,5-6,9-10,18,20-23,28H,4,7-8,11-17H2,1-2H3,(H,26,29)(H,27,30)/t21-,22-,23?/m0/s1. The summed E-state index contributed by atoms with van der Waals surface area (Å²) in [6, 6.07) is 8.59. The van der Waals surface area contributed by atoms with Gasteiger partial charge in [0.15, 0.2) is 0 Å². The lowest BCUT2D eigenvalue weighted by molar-refractivity contribution is -0.130. The third kappa shape index (κ3) is 10.8. The van der Waals surface area contributed by atoms with Crippen molar-refractivity contribution >= 4 is 20.5 Å². The zero-order valence-electron chi connectivity index (χ0n) is 19.9. The Morgan fingerprint density at radius 1 is 1.12 bits per heavy atom. The van der Waals surface area contributed by atoms with Crippen LogP contribution in [0.25, 0.3) is 0 Å². The molecule has 3 N–H and O–H groups in total. The van der Waals surface area contributed by atoms with E-state index in [0.29, 0.717) is 31.6 Å². The molecule has 1 unspecified atom stereocenters. The summed E-state index contributed by atoms with van der Waals surface area (Å²) >= 11 is 0. The smallest absolute Gasteiger partial charge is 0.327 e. The van der Waals surface area contributed by atoms with Crippen molar-refractivity contribution in [1.29, 1.82) is 0 Å². The molecule has 1 saturated carbocycles. The molecule has 0 radical (unpaired) electrons. The normalized spacial score (nSPS) is 17.5. The number of aryl methyl sites for hydroxylation is 1. The monoisotopic (exact) mass is 478 g/mol. The van der Waals surface area contributed by atoms with Gasteiger partial charge in [-0.3, -0.25) is 14.1 Å². The van der Waals surface area contributed by atoms with Crippen molar-refractivity contribution in [3.63, 3.8) is 0 Å². The first-order valence-corrected chi connectivity index (χ1v) is 12.9. The van der Waals surface area contributed by atoms with Crippen LogP contribution in [-0.4, -0.2) is 41.7 Å². The number of aliphatic hydroxyl groups excluding tert-OH is 1. The number of nitrogens with one attached hydrogen (secondary N) is 2. The van der Waals surface area contributed by atoms with E-state index < -0.39 is 26.9 Å². The summed E-state index contributed by atoms with van der Waals surface area (Å²) < 4.78 is 15.5. The second-order valence-electron chi connectivity index (χ2n) is 9.53. The lowest BCUT2D eigenvalue weighted by atomic mass is 9.83. The maximum absolute atomic E-state index is 13.2. The fourth-order valence-corrected chi connectivity index (χ4v) is 4.69. The molecule has 1 aliphatic carbocycles. The van der Waals surface area contributed by atoms with Gasteiger partial charge in [-0.2, -0.15) is 0 Å². The number of aliphatic hydroxyl groups is 1. The van der Waals surface area contributed by atoms with Gasteiger partial charge in [0.2, 0.25) is 11.8 Å². The van der Waals surface area contributed by atoms with E-state index in [1.165, 1.54) is 6.42 Å². The zero-order valence-corrected chi connectivity index (χ0v) is 20.8. The molecule has 1 aliphatic rings. The highest BCUT2D eigenvalue weighted by atomic mass is 31.1. The summed E-state index contributed by atoms with van der Waals surface area (Å²) in [7, 11) is -0.499. The average molecular weight is 479 g/mol. The van der Waals surface area contributed by atoms with Gasteiger partial charge in [0.05, 0.1) is 18.8 Å². The van der Waals surface area contributed by atoms with Crippen molar-refractivity contribution in [2.45, 2.75) is 89.8 Å². The highest BCUT2D eigenvalue weighted by molar-refractivity contribution is 7.17. The quantitative estimate of drug-likeness (QED) is 0.348. The Hall–Kier alpha value is -1.82. The SMILES string of the molecule is CC(C)C[C@H](NC(=O)CCc1ccccc1)C(=O)N[C@@H](CC1CCCCC1)C(O)COP=O. The zero-order chi connectivity index (χ0) is 24.1. The second-order valence-corrected chi connectivity index (χ2v) is 9.93. The topological polar surface area (TPSA) is 105 Å². The Morgan fingerprint density at radius 2 is 1.82 bits per heavy atom. The molecular weight excluding hydrogens is 439 g/mol. The lowest BCUT2D eigenvalue weighted by Crippen LogP contribution is -2.54. The van der Waals surface area contributed by atoms with E-state index in [2.05, 4.69) is 10.6 Å². The third-order valence-corrected chi connectivity index (χ3v) is 6.50. The molecule has 2 rings (SSSR count). The van der Waals surface area contributed by atoms with Gasteiger partial charge in [-0.05, 0) is 36.7 Å². The Morgan fingerprint density at radius 3 is 2.45 bits per heavy atom. The van der Waals surface area contributed by atoms with Crippen LogP contribution in [0.1, 0.15) is 70.8 Å². The van der Waals surface area contributed by atoms with Crippen LogP contribution in [0, 0.1) is 11.8 Å². The predicted octanol–water partition coefficient (Wildman–Crippen LogP) is 4.19. The Bertz CT molecular complexity index is 725. The Kier molecular flexibility index (Phi) is 12.6. The molecule has 1 aromatic carbocycles. The molecule has 0 saturated heterocycles. The van der Waals surface area contributed by atoms with E-state index in [9.17, 15) is 19.3 Å². The number of benzene rings is 1. The minimum atomic E-state index is -0.967. The van der Waals surface area contributed by atoms with Crippen molar-refractivity contribution in [3.05, 3.63) is 35.9 Å². The average Bonchev–Trinajstić information content (AvgIpc) is 2.81. The molecule has 0 aromatic heterocycles. The Balaban J connectivity index is 1.99. The van der Waals surface area contributed by atoms with E-state index in [-0.39, 0.29) is 24.3 Å². The summed E-state index contributed by atoms with van der Waals surface area (Å²) in [5.41, 5.74) is 1.07. The first-order valence-electron chi connectivity index (χ1n) is 12.1. The van der Waals surface area contributed by atoms with Crippen LogP contribution in [0.4, 0.5) is 0 Å².